The zero-order valence-electron chi connectivity index (χ0n) is 8.64. The van der Waals surface area contributed by atoms with Crippen LogP contribution < -0.4 is 10.5 Å². The summed E-state index contributed by atoms with van der Waals surface area (Å²) in [6.07, 6.45) is 0. The molecule has 0 unspecified atom stereocenters. The number of allylic oxidation sites excluding steroid dienone is 2. The van der Waals surface area contributed by atoms with E-state index in [1.807, 2.05) is 7.05 Å². The van der Waals surface area contributed by atoms with Gasteiger partial charge in [0.15, 0.2) is 0 Å². The van der Waals surface area contributed by atoms with Crippen LogP contribution in [0.25, 0.3) is 0 Å². The normalized spacial score (nSPS) is 13.9. The molecule has 2 nitrogen and oxygen atoms in total. The Balaban J connectivity index is 4.55. The highest BCUT2D eigenvalue weighted by molar-refractivity contribution is 8.01. The second-order valence-corrected chi connectivity index (χ2v) is 4.49. The van der Waals surface area contributed by atoms with Crippen molar-refractivity contribution in [1.29, 1.82) is 0 Å². The zero-order chi connectivity index (χ0) is 9.72. The Hall–Kier alpha value is -0.150. The lowest BCUT2D eigenvalue weighted by atomic mass is 10.1. The lowest BCUT2D eigenvalue weighted by Gasteiger charge is -2.16. The maximum absolute atomic E-state index is 5.97. The molecule has 3 N–H and O–H groups in total. The van der Waals surface area contributed by atoms with Crippen molar-refractivity contribution in [3.8, 4) is 0 Å². The third-order valence-electron chi connectivity index (χ3n) is 1.64. The number of nitrogens with two attached hydrogens (primary N) is 1. The summed E-state index contributed by atoms with van der Waals surface area (Å²) in [6.45, 7) is 8.56. The molecular formula is C9H20N2S. The predicted molar refractivity (Wildman–Crippen MR) is 57.5 cm³/mol. The van der Waals surface area contributed by atoms with E-state index >= 15 is 0 Å². The Morgan fingerprint density at radius 3 is 1.92 bits per heavy atom. The molecule has 0 aliphatic carbocycles. The van der Waals surface area contributed by atoms with Crippen LogP contribution in [0.4, 0.5) is 0 Å². The maximum atomic E-state index is 5.97. The highest BCUT2D eigenvalue weighted by Crippen LogP contribution is 2.25. The first-order chi connectivity index (χ1) is 5.50. The van der Waals surface area contributed by atoms with Gasteiger partial charge in [-0.1, -0.05) is 27.7 Å². The van der Waals surface area contributed by atoms with Crippen LogP contribution in [0.5, 0.6) is 0 Å². The molecule has 0 aromatic heterocycles. The molecular weight excluding hydrogens is 168 g/mol. The van der Waals surface area contributed by atoms with E-state index in [2.05, 4.69) is 32.4 Å². The second-order valence-electron chi connectivity index (χ2n) is 3.44. The SMILES string of the molecule is CNS/C(=C(\N)C(C)C)C(C)C. The first-order valence-electron chi connectivity index (χ1n) is 4.33. The minimum absolute atomic E-state index is 0.434. The molecule has 12 heavy (non-hydrogen) atoms. The van der Waals surface area contributed by atoms with E-state index in [-0.39, 0.29) is 0 Å². The van der Waals surface area contributed by atoms with Crippen LogP contribution in [0.3, 0.4) is 0 Å². The van der Waals surface area contributed by atoms with Gasteiger partial charge in [0, 0.05) is 10.6 Å². The topological polar surface area (TPSA) is 38.0 Å². The number of nitrogens with one attached hydrogen (secondary N) is 1. The van der Waals surface area contributed by atoms with Crippen LogP contribution in [0.15, 0.2) is 10.6 Å². The predicted octanol–water partition coefficient (Wildman–Crippen LogP) is 2.34. The van der Waals surface area contributed by atoms with Gasteiger partial charge in [0.1, 0.15) is 0 Å². The summed E-state index contributed by atoms with van der Waals surface area (Å²) < 4.78 is 3.06. The largest absolute Gasteiger partial charge is 0.401 e. The molecule has 0 aliphatic heterocycles. The maximum Gasteiger partial charge on any atom is 0.0219 e. The van der Waals surface area contributed by atoms with Crippen molar-refractivity contribution in [2.75, 3.05) is 7.05 Å². The van der Waals surface area contributed by atoms with Crippen LogP contribution in [-0.2, 0) is 0 Å². The van der Waals surface area contributed by atoms with E-state index in [4.69, 9.17) is 5.73 Å². The molecule has 0 bridgehead atoms. The van der Waals surface area contributed by atoms with Gasteiger partial charge in [0.2, 0.25) is 0 Å². The fourth-order valence-corrected chi connectivity index (χ4v) is 1.71. The van der Waals surface area contributed by atoms with Crippen molar-refractivity contribution in [3.63, 3.8) is 0 Å². The molecule has 0 aliphatic rings. The molecule has 0 amide bonds. The van der Waals surface area contributed by atoms with Gasteiger partial charge < -0.3 is 5.73 Å². The molecule has 0 saturated heterocycles. The summed E-state index contributed by atoms with van der Waals surface area (Å²) >= 11 is 1.63. The van der Waals surface area contributed by atoms with Crippen molar-refractivity contribution in [1.82, 2.24) is 4.72 Å². The molecule has 0 rings (SSSR count). The molecule has 0 aromatic carbocycles. The fraction of sp³-hybridized carbons (Fsp3) is 0.778. The Bertz CT molecular complexity index is 162. The van der Waals surface area contributed by atoms with Crippen LogP contribution in [0.2, 0.25) is 0 Å². The monoisotopic (exact) mass is 188 g/mol. The Morgan fingerprint density at radius 2 is 1.67 bits per heavy atom. The molecule has 0 radical (unpaired) electrons. The Labute approximate surface area is 80.1 Å². The lowest BCUT2D eigenvalue weighted by Crippen LogP contribution is -2.12. The van der Waals surface area contributed by atoms with E-state index in [1.165, 1.54) is 4.91 Å². The average molecular weight is 188 g/mol. The molecule has 0 fully saturated rings. The summed E-state index contributed by atoms with van der Waals surface area (Å²) in [5, 5.41) is 0. The summed E-state index contributed by atoms with van der Waals surface area (Å²) in [7, 11) is 1.92. The zero-order valence-corrected chi connectivity index (χ0v) is 9.46. The molecule has 0 aromatic rings. The minimum atomic E-state index is 0.434. The van der Waals surface area contributed by atoms with Gasteiger partial charge in [-0.3, -0.25) is 4.72 Å². The van der Waals surface area contributed by atoms with Gasteiger partial charge >= 0.3 is 0 Å². The smallest absolute Gasteiger partial charge is 0.0219 e. The number of hydrogen-bond acceptors (Lipinski definition) is 3. The van der Waals surface area contributed by atoms with Crippen LogP contribution in [0, 0.1) is 11.8 Å². The van der Waals surface area contributed by atoms with Gasteiger partial charge in [-0.2, -0.15) is 0 Å². The van der Waals surface area contributed by atoms with E-state index in [0.29, 0.717) is 11.8 Å². The first-order valence-corrected chi connectivity index (χ1v) is 5.15. The second kappa shape index (κ2) is 5.49. The van der Waals surface area contributed by atoms with E-state index in [1.54, 1.807) is 11.9 Å². The minimum Gasteiger partial charge on any atom is -0.401 e. The van der Waals surface area contributed by atoms with Gasteiger partial charge in [0.25, 0.3) is 0 Å². The summed E-state index contributed by atoms with van der Waals surface area (Å²) in [6, 6.07) is 0. The number of rotatable bonds is 4. The summed E-state index contributed by atoms with van der Waals surface area (Å²) in [5.41, 5.74) is 6.97. The van der Waals surface area contributed by atoms with Gasteiger partial charge in [0.05, 0.1) is 0 Å². The molecule has 0 saturated carbocycles. The van der Waals surface area contributed by atoms with Crippen LogP contribution in [-0.4, -0.2) is 7.05 Å². The van der Waals surface area contributed by atoms with Crippen molar-refractivity contribution in [2.45, 2.75) is 27.7 Å². The molecule has 0 spiro atoms. The van der Waals surface area contributed by atoms with Crippen molar-refractivity contribution in [2.24, 2.45) is 17.6 Å². The highest BCUT2D eigenvalue weighted by atomic mass is 32.2. The first kappa shape index (κ1) is 11.8. The fourth-order valence-electron chi connectivity index (χ4n) is 0.905. The van der Waals surface area contributed by atoms with E-state index in [0.717, 1.165) is 5.70 Å². The third kappa shape index (κ3) is 3.50. The third-order valence-corrected chi connectivity index (χ3v) is 2.77. The summed E-state index contributed by atoms with van der Waals surface area (Å²) in [4.78, 5) is 1.26. The van der Waals surface area contributed by atoms with Crippen LogP contribution >= 0.6 is 11.9 Å². The van der Waals surface area contributed by atoms with Crippen molar-refractivity contribution >= 4 is 11.9 Å². The van der Waals surface area contributed by atoms with Gasteiger partial charge in [-0.05, 0) is 30.8 Å². The van der Waals surface area contributed by atoms with Crippen molar-refractivity contribution in [3.05, 3.63) is 10.6 Å². The summed E-state index contributed by atoms with van der Waals surface area (Å²) in [5.74, 6) is 0.938. The van der Waals surface area contributed by atoms with Crippen molar-refractivity contribution < 1.29 is 0 Å². The average Bonchev–Trinajstić information content (AvgIpc) is 1.98. The molecule has 0 heterocycles. The highest BCUT2D eigenvalue weighted by Gasteiger charge is 2.10. The molecule has 3 heteroatoms. The quantitative estimate of drug-likeness (QED) is 0.665. The van der Waals surface area contributed by atoms with E-state index in [9.17, 15) is 0 Å². The number of hydrogen-bond donors (Lipinski definition) is 2. The van der Waals surface area contributed by atoms with E-state index < -0.39 is 0 Å². The van der Waals surface area contributed by atoms with Gasteiger partial charge in [-0.25, -0.2) is 0 Å². The molecule has 72 valence electrons. The van der Waals surface area contributed by atoms with Gasteiger partial charge in [-0.15, -0.1) is 0 Å². The Morgan fingerprint density at radius 1 is 1.17 bits per heavy atom. The van der Waals surface area contributed by atoms with Crippen LogP contribution in [0.1, 0.15) is 27.7 Å². The standard InChI is InChI=1S/C9H20N2S/c1-6(2)8(10)9(7(3)4)12-11-5/h6-7,11H,10H2,1-5H3/b9-8-. The Kier molecular flexibility index (Phi) is 5.42. The lowest BCUT2D eigenvalue weighted by molar-refractivity contribution is 0.712. The molecule has 0 atom stereocenters.